The minimum Gasteiger partial charge on any atom is -0.493 e. The van der Waals surface area contributed by atoms with Crippen LogP contribution < -0.4 is 14.8 Å². The molecule has 1 aromatic carbocycles. The van der Waals surface area contributed by atoms with Gasteiger partial charge in [-0.05, 0) is 57.1 Å². The van der Waals surface area contributed by atoms with Crippen molar-refractivity contribution >= 4 is 0 Å². The highest BCUT2D eigenvalue weighted by Gasteiger charge is 2.35. The van der Waals surface area contributed by atoms with E-state index in [4.69, 9.17) is 9.47 Å². The van der Waals surface area contributed by atoms with Crippen molar-refractivity contribution in [1.82, 2.24) is 10.2 Å². The number of hydrogen-bond acceptors (Lipinski definition) is 4. The van der Waals surface area contributed by atoms with Gasteiger partial charge in [0, 0.05) is 6.54 Å². The normalized spacial score (nSPS) is 23.0. The highest BCUT2D eigenvalue weighted by Crippen LogP contribution is 2.36. The molecule has 0 aromatic heterocycles. The van der Waals surface area contributed by atoms with Crippen LogP contribution >= 0.6 is 0 Å². The van der Waals surface area contributed by atoms with Crippen LogP contribution in [0.4, 0.5) is 0 Å². The maximum atomic E-state index is 5.48. The van der Waals surface area contributed by atoms with Gasteiger partial charge in [-0.1, -0.05) is 13.0 Å². The minimum atomic E-state index is 0.0164. The Morgan fingerprint density at radius 1 is 1.24 bits per heavy atom. The van der Waals surface area contributed by atoms with Crippen molar-refractivity contribution < 1.29 is 9.47 Å². The Bertz CT molecular complexity index is 464. The third-order valence-electron chi connectivity index (χ3n) is 4.33. The lowest BCUT2D eigenvalue weighted by Gasteiger charge is -2.43. The molecule has 0 bridgehead atoms. The Kier molecular flexibility index (Phi) is 5.48. The van der Waals surface area contributed by atoms with Crippen LogP contribution in [0, 0.1) is 0 Å². The van der Waals surface area contributed by atoms with E-state index >= 15 is 0 Å². The summed E-state index contributed by atoms with van der Waals surface area (Å²) in [5.74, 6) is 1.59. The van der Waals surface area contributed by atoms with Crippen molar-refractivity contribution in [3.8, 4) is 11.5 Å². The average Bonchev–Trinajstić information content (AvgIpc) is 2.52. The van der Waals surface area contributed by atoms with Crippen LogP contribution in [-0.4, -0.2) is 45.8 Å². The maximum absolute atomic E-state index is 5.48. The fourth-order valence-corrected chi connectivity index (χ4v) is 3.25. The lowest BCUT2D eigenvalue weighted by molar-refractivity contribution is 0.143. The maximum Gasteiger partial charge on any atom is 0.161 e. The van der Waals surface area contributed by atoms with Gasteiger partial charge < -0.3 is 19.7 Å². The van der Waals surface area contributed by atoms with Gasteiger partial charge in [0.25, 0.3) is 0 Å². The average molecular weight is 292 g/mol. The molecule has 4 heteroatoms. The van der Waals surface area contributed by atoms with Crippen LogP contribution in [0.3, 0.4) is 0 Å². The Morgan fingerprint density at radius 2 is 2.00 bits per heavy atom. The van der Waals surface area contributed by atoms with Gasteiger partial charge >= 0.3 is 0 Å². The van der Waals surface area contributed by atoms with Gasteiger partial charge in [-0.2, -0.15) is 0 Å². The second-order valence-electron chi connectivity index (χ2n) is 5.92. The molecule has 1 aliphatic rings. The summed E-state index contributed by atoms with van der Waals surface area (Å²) in [7, 11) is 5.57. The van der Waals surface area contributed by atoms with Crippen molar-refractivity contribution in [3.63, 3.8) is 0 Å². The van der Waals surface area contributed by atoms with Crippen LogP contribution in [-0.2, 0) is 5.54 Å². The quantitative estimate of drug-likeness (QED) is 0.874. The molecule has 0 radical (unpaired) electrons. The van der Waals surface area contributed by atoms with Crippen molar-refractivity contribution in [2.75, 3.05) is 40.9 Å². The first-order valence-corrected chi connectivity index (χ1v) is 7.81. The lowest BCUT2D eigenvalue weighted by atomic mass is 9.82. The second kappa shape index (κ2) is 7.14. The summed E-state index contributed by atoms with van der Waals surface area (Å²) < 4.78 is 10.8. The van der Waals surface area contributed by atoms with E-state index in [0.29, 0.717) is 0 Å². The molecule has 1 saturated heterocycles. The number of likely N-dealkylation sites (tertiary alicyclic amines) is 1. The molecule has 0 aliphatic carbocycles. The van der Waals surface area contributed by atoms with Gasteiger partial charge in [-0.25, -0.2) is 0 Å². The highest BCUT2D eigenvalue weighted by molar-refractivity contribution is 5.45. The molecule has 0 amide bonds. The number of ether oxygens (including phenoxy) is 2. The van der Waals surface area contributed by atoms with E-state index < -0.39 is 0 Å². The van der Waals surface area contributed by atoms with Crippen LogP contribution in [0.15, 0.2) is 18.2 Å². The summed E-state index contributed by atoms with van der Waals surface area (Å²) >= 11 is 0. The van der Waals surface area contributed by atoms with Crippen molar-refractivity contribution in [3.05, 3.63) is 23.8 Å². The monoisotopic (exact) mass is 292 g/mol. The number of hydrogen-bond donors (Lipinski definition) is 1. The fraction of sp³-hybridized carbons (Fsp3) is 0.647. The Morgan fingerprint density at radius 3 is 2.62 bits per heavy atom. The van der Waals surface area contributed by atoms with Crippen LogP contribution in [0.25, 0.3) is 0 Å². The van der Waals surface area contributed by atoms with Gasteiger partial charge in [0.15, 0.2) is 11.5 Å². The third-order valence-corrected chi connectivity index (χ3v) is 4.33. The SMILES string of the molecule is CCCNC1(c2ccc(OC)c(OC)c2)CCCN(C)C1. The van der Waals surface area contributed by atoms with E-state index in [9.17, 15) is 0 Å². The summed E-state index contributed by atoms with van der Waals surface area (Å²) in [6, 6.07) is 6.31. The predicted octanol–water partition coefficient (Wildman–Crippen LogP) is 2.62. The lowest BCUT2D eigenvalue weighted by Crippen LogP contribution is -2.53. The number of nitrogens with one attached hydrogen (secondary N) is 1. The molecular weight excluding hydrogens is 264 g/mol. The first kappa shape index (κ1) is 16.1. The second-order valence-corrected chi connectivity index (χ2v) is 5.92. The Hall–Kier alpha value is -1.26. The largest absolute Gasteiger partial charge is 0.493 e. The van der Waals surface area contributed by atoms with Gasteiger partial charge in [0.2, 0.25) is 0 Å². The van der Waals surface area contributed by atoms with Gasteiger partial charge in [0.1, 0.15) is 0 Å². The molecule has 2 rings (SSSR count). The summed E-state index contributed by atoms with van der Waals surface area (Å²) in [4.78, 5) is 2.41. The number of methoxy groups -OCH3 is 2. The van der Waals surface area contributed by atoms with E-state index in [1.54, 1.807) is 14.2 Å². The smallest absolute Gasteiger partial charge is 0.161 e. The van der Waals surface area contributed by atoms with E-state index in [1.165, 1.54) is 18.5 Å². The van der Waals surface area contributed by atoms with Crippen LogP contribution in [0.5, 0.6) is 11.5 Å². The molecular formula is C17H28N2O2. The number of piperidine rings is 1. The summed E-state index contributed by atoms with van der Waals surface area (Å²) in [6.07, 6.45) is 3.51. The van der Waals surface area contributed by atoms with Gasteiger partial charge in [-0.3, -0.25) is 0 Å². The summed E-state index contributed by atoms with van der Waals surface area (Å²) in [5.41, 5.74) is 1.31. The van der Waals surface area contributed by atoms with Crippen LogP contribution in [0.2, 0.25) is 0 Å². The summed E-state index contributed by atoms with van der Waals surface area (Å²) in [5, 5.41) is 3.78. The fourth-order valence-electron chi connectivity index (χ4n) is 3.25. The van der Waals surface area contributed by atoms with E-state index in [1.807, 2.05) is 6.07 Å². The van der Waals surface area contributed by atoms with E-state index in [2.05, 4.69) is 36.3 Å². The first-order chi connectivity index (χ1) is 10.1. The predicted molar refractivity (Wildman–Crippen MR) is 86.2 cm³/mol. The zero-order valence-corrected chi connectivity index (χ0v) is 13.7. The topological polar surface area (TPSA) is 33.7 Å². The van der Waals surface area contributed by atoms with Gasteiger partial charge in [-0.15, -0.1) is 0 Å². The zero-order valence-electron chi connectivity index (χ0n) is 13.7. The minimum absolute atomic E-state index is 0.0164. The van der Waals surface area contributed by atoms with Crippen molar-refractivity contribution in [1.29, 1.82) is 0 Å². The molecule has 21 heavy (non-hydrogen) atoms. The molecule has 1 heterocycles. The number of nitrogens with zero attached hydrogens (tertiary/aromatic N) is 1. The zero-order chi connectivity index (χ0) is 15.3. The molecule has 1 aliphatic heterocycles. The molecule has 118 valence electrons. The molecule has 1 N–H and O–H groups in total. The summed E-state index contributed by atoms with van der Waals surface area (Å²) in [6.45, 7) is 5.44. The van der Waals surface area contributed by atoms with E-state index in [0.717, 1.165) is 37.4 Å². The van der Waals surface area contributed by atoms with Gasteiger partial charge in [0.05, 0.1) is 19.8 Å². The molecule has 1 aromatic rings. The molecule has 1 atom stereocenters. The highest BCUT2D eigenvalue weighted by atomic mass is 16.5. The third kappa shape index (κ3) is 3.50. The molecule has 0 saturated carbocycles. The van der Waals surface area contributed by atoms with Crippen molar-refractivity contribution in [2.24, 2.45) is 0 Å². The van der Waals surface area contributed by atoms with Crippen LogP contribution in [0.1, 0.15) is 31.7 Å². The molecule has 4 nitrogen and oxygen atoms in total. The standard InChI is InChI=1S/C17H28N2O2/c1-5-10-18-17(9-6-11-19(2)13-17)14-7-8-15(20-3)16(12-14)21-4/h7-8,12,18H,5-6,9-11,13H2,1-4H3. The molecule has 0 spiro atoms. The van der Waals surface area contributed by atoms with Crippen molar-refractivity contribution in [2.45, 2.75) is 31.7 Å². The number of likely N-dealkylation sites (N-methyl/N-ethyl adjacent to an activating group) is 1. The number of benzene rings is 1. The Balaban J connectivity index is 2.36. The van der Waals surface area contributed by atoms with E-state index in [-0.39, 0.29) is 5.54 Å². The molecule has 1 unspecified atom stereocenters. The Labute approximate surface area is 128 Å². The number of rotatable bonds is 6. The molecule has 1 fully saturated rings. The first-order valence-electron chi connectivity index (χ1n) is 7.81.